The number of nitrogens with two attached hydrogens (primary N) is 1. The molecule has 0 aliphatic heterocycles. The maximum Gasteiger partial charge on any atom is 0.317 e. The summed E-state index contributed by atoms with van der Waals surface area (Å²) in [5.41, 5.74) is 5.72. The van der Waals surface area contributed by atoms with E-state index in [2.05, 4.69) is 155 Å². The average Bonchev–Trinajstić information content (AvgIpc) is 2.87. The molecule has 0 amide bonds. The molecule has 0 aliphatic carbocycles. The molecule has 0 fully saturated rings. The lowest BCUT2D eigenvalue weighted by molar-refractivity contribution is -0.873. The van der Waals surface area contributed by atoms with Gasteiger partial charge in [-0.2, -0.15) is 0 Å². The zero-order chi connectivity index (χ0) is 44.8. The number of aliphatic hydroxyl groups excluding tert-OH is 1. The summed E-state index contributed by atoms with van der Waals surface area (Å²) in [5.74, 6) is 0. The molecule has 3 atom stereocenters. The van der Waals surface area contributed by atoms with Crippen molar-refractivity contribution >= 4 is 76.6 Å². The molecule has 3 unspecified atom stereocenters. The van der Waals surface area contributed by atoms with E-state index >= 15 is 0 Å². The third-order valence-corrected chi connectivity index (χ3v) is 41.8. The third-order valence-electron chi connectivity index (χ3n) is 7.84. The fourth-order valence-electron chi connectivity index (χ4n) is 7.65. The van der Waals surface area contributed by atoms with E-state index in [-0.39, 0.29) is 6.10 Å². The Kier molecular flexibility index (Phi) is 24.5. The van der Waals surface area contributed by atoms with Gasteiger partial charge in [0.2, 0.25) is 0 Å². The van der Waals surface area contributed by atoms with Crippen LogP contribution in [-0.4, -0.2) is 166 Å². The van der Waals surface area contributed by atoms with E-state index in [9.17, 15) is 5.11 Å². The van der Waals surface area contributed by atoms with E-state index in [1.165, 1.54) is 0 Å². The first-order valence-electron chi connectivity index (χ1n) is 21.2. The minimum atomic E-state index is -2.79. The van der Waals surface area contributed by atoms with Crippen LogP contribution in [0, 0.1) is 0 Å². The quantitative estimate of drug-likeness (QED) is 0.0296. The van der Waals surface area contributed by atoms with Crippen molar-refractivity contribution in [1.82, 2.24) is 16.0 Å². The monoisotopic (exact) mass is 968 g/mol. The normalized spacial score (nSPS) is 17.1. The number of likely N-dealkylation sites (N-methyl/N-ethyl adjacent to an activating group) is 1. The molecule has 0 spiro atoms. The van der Waals surface area contributed by atoms with E-state index in [1.807, 2.05) is 0 Å². The molecule has 14 nitrogen and oxygen atoms in total. The van der Waals surface area contributed by atoms with Gasteiger partial charge in [0.1, 0.15) is 12.6 Å². The van der Waals surface area contributed by atoms with Gasteiger partial charge in [-0.1, -0.05) is 0 Å². The van der Waals surface area contributed by atoms with Crippen LogP contribution in [0.1, 0.15) is 12.8 Å². The largest absolute Gasteiger partial charge is 0.437 e. The molecule has 0 radical (unpaired) electrons. The lowest BCUT2D eigenvalue weighted by atomic mass is 10.3. The Bertz CT molecular complexity index is 1150. The van der Waals surface area contributed by atoms with Crippen LogP contribution in [0.4, 0.5) is 0 Å². The zero-order valence-electron chi connectivity index (χ0n) is 40.8. The number of quaternary nitrogens is 1. The van der Waals surface area contributed by atoms with Crippen molar-refractivity contribution in [3.63, 3.8) is 0 Å². The Balaban J connectivity index is 5.89. The Morgan fingerprint density at radius 2 is 0.772 bits per heavy atom. The van der Waals surface area contributed by atoms with Crippen LogP contribution in [0.15, 0.2) is 0 Å². The molecule has 0 aromatic carbocycles. The van der Waals surface area contributed by atoms with Crippen molar-refractivity contribution in [2.75, 3.05) is 73.5 Å². The second-order valence-corrected chi connectivity index (χ2v) is 55.6. The molecule has 344 valence electrons. The van der Waals surface area contributed by atoms with Crippen molar-refractivity contribution < 1.29 is 42.5 Å². The highest BCUT2D eigenvalue weighted by Crippen LogP contribution is 2.33. The molecular weight excluding hydrogens is 875 g/mol. The highest BCUT2D eigenvalue weighted by molar-refractivity contribution is 6.93. The summed E-state index contributed by atoms with van der Waals surface area (Å²) in [4.78, 5) is 0. The van der Waals surface area contributed by atoms with Gasteiger partial charge in [0.25, 0.3) is 0 Å². The highest BCUT2D eigenvalue weighted by Gasteiger charge is 2.51. The minimum absolute atomic E-state index is 0.366. The van der Waals surface area contributed by atoms with Gasteiger partial charge in [0.05, 0.1) is 21.1 Å². The second kappa shape index (κ2) is 23.9. The highest BCUT2D eigenvalue weighted by atomic mass is 28.5. The summed E-state index contributed by atoms with van der Waals surface area (Å²) in [7, 11) is -16.3. The fraction of sp³-hybridized carbons (Fsp3) is 1.00. The summed E-state index contributed by atoms with van der Waals surface area (Å²) < 4.78 is 56.4. The molecular formula is C34H94N5O9Si9+. The number of rotatable bonds is 33. The Hall–Kier alpha value is 1.39. The molecule has 57 heavy (non-hydrogen) atoms. The zero-order valence-corrected chi connectivity index (χ0v) is 49.8. The van der Waals surface area contributed by atoms with Crippen LogP contribution in [0.3, 0.4) is 0 Å². The molecule has 0 aromatic heterocycles. The molecule has 0 saturated heterocycles. The van der Waals surface area contributed by atoms with Crippen LogP contribution in [-0.2, 0) is 32.9 Å². The van der Waals surface area contributed by atoms with Gasteiger partial charge < -0.3 is 64.2 Å². The molecule has 23 heteroatoms. The first kappa shape index (κ1) is 58.4. The van der Waals surface area contributed by atoms with Gasteiger partial charge in [-0.3, -0.25) is 0 Å². The number of hydrogen-bond donors (Lipinski definition) is 5. The molecule has 6 N–H and O–H groups in total. The standard InChI is InChI=1S/C34H94N5O9Si9/c1-39(2,3)33-34(40)32-38-29-28-37-26-23-31-57(21,46-52(12,13)42-50(7,8)9)48-55(18,19)44-53(14,15)43-54(16,17)47-56(20,30-22-25-36-27-24-35)45-51(10,11)41-49(4,5)6/h34,36-38,40H,22-33,35H2,1-21H3/q+1. The third kappa shape index (κ3) is 31.8. The van der Waals surface area contributed by atoms with Gasteiger partial charge in [0.15, 0.2) is 16.6 Å². The van der Waals surface area contributed by atoms with Crippen LogP contribution in [0.2, 0.25) is 130 Å². The number of nitrogens with one attached hydrogen (secondary N) is 3. The minimum Gasteiger partial charge on any atom is -0.437 e. The average molecular weight is 970 g/mol. The van der Waals surface area contributed by atoms with E-state index in [0.29, 0.717) is 19.6 Å². The Morgan fingerprint density at radius 3 is 1.11 bits per heavy atom. The van der Waals surface area contributed by atoms with Gasteiger partial charge >= 0.3 is 59.9 Å². The summed E-state index contributed by atoms with van der Waals surface area (Å²) >= 11 is 0. The maximum absolute atomic E-state index is 10.3. The van der Waals surface area contributed by atoms with E-state index in [0.717, 1.165) is 62.1 Å². The smallest absolute Gasteiger partial charge is 0.317 e. The summed E-state index contributed by atoms with van der Waals surface area (Å²) in [5, 5.41) is 20.7. The maximum atomic E-state index is 10.3. The van der Waals surface area contributed by atoms with Crippen LogP contribution in [0.25, 0.3) is 0 Å². The van der Waals surface area contributed by atoms with Crippen LogP contribution >= 0.6 is 0 Å². The van der Waals surface area contributed by atoms with Gasteiger partial charge in [-0.15, -0.1) is 0 Å². The second-order valence-electron chi connectivity index (χ2n) is 21.1. The molecule has 0 bridgehead atoms. The van der Waals surface area contributed by atoms with Gasteiger partial charge in [0, 0.05) is 32.7 Å². The summed E-state index contributed by atoms with van der Waals surface area (Å²) in [6, 6.07) is 1.64. The molecule has 0 aliphatic rings. The lowest BCUT2D eigenvalue weighted by Gasteiger charge is -2.45. The van der Waals surface area contributed by atoms with E-state index in [4.69, 9.17) is 38.7 Å². The van der Waals surface area contributed by atoms with E-state index < -0.39 is 76.6 Å². The van der Waals surface area contributed by atoms with Crippen molar-refractivity contribution in [3.8, 4) is 0 Å². The molecule has 0 aromatic rings. The first-order valence-corrected chi connectivity index (χ1v) is 47.2. The predicted octanol–water partition coefficient (Wildman–Crippen LogP) is 6.02. The van der Waals surface area contributed by atoms with Crippen LogP contribution in [0.5, 0.6) is 0 Å². The fourth-order valence-corrected chi connectivity index (χ4v) is 52.6. The molecule has 0 rings (SSSR count). The van der Waals surface area contributed by atoms with Gasteiger partial charge in [-0.05, 0) is 156 Å². The van der Waals surface area contributed by atoms with Crippen molar-refractivity contribution in [3.05, 3.63) is 0 Å². The SMILES string of the molecule is C[N+](C)(C)CC(O)CNCCNCCC[Si](C)(O[Si](C)(C)O[Si](C)(C)C)O[Si](C)(C)O[Si](C)(C)O[Si](C)(C)O[Si](C)(CCCNCCN)O[Si](C)(C)O[Si](C)(C)C. The Morgan fingerprint density at radius 1 is 0.456 bits per heavy atom. The van der Waals surface area contributed by atoms with Crippen LogP contribution < -0.4 is 21.7 Å². The molecule has 0 saturated carbocycles. The van der Waals surface area contributed by atoms with Crippen molar-refractivity contribution in [1.29, 1.82) is 0 Å². The topological polar surface area (TPSA) is 156 Å². The van der Waals surface area contributed by atoms with Gasteiger partial charge in [-0.25, -0.2) is 0 Å². The molecule has 0 heterocycles. The lowest BCUT2D eigenvalue weighted by Crippen LogP contribution is -2.62. The van der Waals surface area contributed by atoms with E-state index in [1.54, 1.807) is 0 Å². The predicted molar refractivity (Wildman–Crippen MR) is 261 cm³/mol. The first-order chi connectivity index (χ1) is 25.3. The summed E-state index contributed by atoms with van der Waals surface area (Å²) in [6.07, 6.45) is 1.47. The number of aliphatic hydroxyl groups is 1. The van der Waals surface area contributed by atoms with Crippen molar-refractivity contribution in [2.24, 2.45) is 5.73 Å². The number of hydrogen-bond acceptors (Lipinski definition) is 13. The number of nitrogens with zero attached hydrogens (tertiary/aromatic N) is 1. The van der Waals surface area contributed by atoms with Crippen molar-refractivity contribution in [2.45, 2.75) is 149 Å². The summed E-state index contributed by atoms with van der Waals surface area (Å²) in [6.45, 7) is 45.0. The Labute approximate surface area is 361 Å².